The molecule has 0 radical (unpaired) electrons. The van der Waals surface area contributed by atoms with Crippen molar-refractivity contribution in [1.82, 2.24) is 14.9 Å². The second-order valence-corrected chi connectivity index (χ2v) is 6.01. The van der Waals surface area contributed by atoms with E-state index in [-0.39, 0.29) is 35.3 Å². The quantitative estimate of drug-likeness (QED) is 0.919. The number of nitrogens with zero attached hydrogens (tertiary/aromatic N) is 2. The molecule has 1 atom stereocenters. The number of aromatic nitrogens is 2. The Bertz CT molecular complexity index is 868. The number of rotatable bonds is 3. The van der Waals surface area contributed by atoms with Crippen LogP contribution < -0.4 is 10.3 Å². The van der Waals surface area contributed by atoms with Gasteiger partial charge in [0.25, 0.3) is 11.5 Å². The Morgan fingerprint density at radius 3 is 2.92 bits per heavy atom. The van der Waals surface area contributed by atoms with Gasteiger partial charge in [-0.05, 0) is 32.0 Å². The first-order valence-corrected chi connectivity index (χ1v) is 7.72. The van der Waals surface area contributed by atoms with E-state index in [9.17, 15) is 14.0 Å². The Labute approximate surface area is 142 Å². The van der Waals surface area contributed by atoms with E-state index in [1.54, 1.807) is 13.8 Å². The van der Waals surface area contributed by atoms with Gasteiger partial charge in [-0.3, -0.25) is 9.59 Å². The Hall–Kier alpha value is -2.41. The van der Waals surface area contributed by atoms with Crippen molar-refractivity contribution in [3.05, 3.63) is 56.5 Å². The molecule has 1 aliphatic rings. The van der Waals surface area contributed by atoms with Crippen molar-refractivity contribution in [2.24, 2.45) is 0 Å². The smallest absolute Gasteiger partial charge is 0.264 e. The second-order valence-electron chi connectivity index (χ2n) is 5.61. The first-order chi connectivity index (χ1) is 11.3. The molecule has 3 rings (SSSR count). The highest BCUT2D eigenvalue weighted by Crippen LogP contribution is 2.27. The molecule has 2 heterocycles. The third-order valence-electron chi connectivity index (χ3n) is 3.77. The highest BCUT2D eigenvalue weighted by atomic mass is 35.5. The zero-order chi connectivity index (χ0) is 17.4. The van der Waals surface area contributed by atoms with Gasteiger partial charge in [0.2, 0.25) is 0 Å². The molecule has 8 heteroatoms. The van der Waals surface area contributed by atoms with Gasteiger partial charge in [-0.1, -0.05) is 11.6 Å². The van der Waals surface area contributed by atoms with Crippen LogP contribution in [0.2, 0.25) is 5.02 Å². The zero-order valence-corrected chi connectivity index (χ0v) is 13.9. The molecular formula is C16H15ClFN3O3. The lowest BCUT2D eigenvalue weighted by atomic mass is 10.3. The summed E-state index contributed by atoms with van der Waals surface area (Å²) in [5.41, 5.74) is 0.848. The number of aryl methyl sites for hydroxylation is 1. The molecule has 6 nitrogen and oxygen atoms in total. The number of amides is 1. The molecule has 0 spiro atoms. The van der Waals surface area contributed by atoms with Gasteiger partial charge in [0.15, 0.2) is 6.10 Å². The summed E-state index contributed by atoms with van der Waals surface area (Å²) in [6.07, 6.45) is -0.831. The summed E-state index contributed by atoms with van der Waals surface area (Å²) in [6, 6.07) is 3.69. The van der Waals surface area contributed by atoms with Gasteiger partial charge in [0.1, 0.15) is 17.4 Å². The summed E-state index contributed by atoms with van der Waals surface area (Å²) in [7, 11) is 0. The van der Waals surface area contributed by atoms with E-state index in [4.69, 9.17) is 16.3 Å². The minimum absolute atomic E-state index is 0.0908. The summed E-state index contributed by atoms with van der Waals surface area (Å²) >= 11 is 5.90. The van der Waals surface area contributed by atoms with Gasteiger partial charge in [-0.2, -0.15) is 0 Å². The van der Waals surface area contributed by atoms with Crippen molar-refractivity contribution in [3.63, 3.8) is 0 Å². The van der Waals surface area contributed by atoms with Crippen LogP contribution in [-0.2, 0) is 17.9 Å². The Morgan fingerprint density at radius 1 is 1.46 bits per heavy atom. The standard InChI is InChI=1S/C16H15ClFN3O3/c1-8(24-14-4-3-10(18)5-12(14)17)16(23)21-6-11-13(7-21)19-9(2)20-15(11)22/h3-5,8H,6-7H2,1-2H3,(H,19,20,22)/t8-/m0/s1. The molecule has 1 aromatic carbocycles. The van der Waals surface area contributed by atoms with Crippen molar-refractivity contribution in [2.75, 3.05) is 0 Å². The average molecular weight is 352 g/mol. The number of hydrogen-bond acceptors (Lipinski definition) is 4. The van der Waals surface area contributed by atoms with Gasteiger partial charge in [-0.15, -0.1) is 0 Å². The molecular weight excluding hydrogens is 337 g/mol. The van der Waals surface area contributed by atoms with Crippen molar-refractivity contribution >= 4 is 17.5 Å². The van der Waals surface area contributed by atoms with Crippen LogP contribution in [-0.4, -0.2) is 26.9 Å². The number of H-pyrrole nitrogens is 1. The van der Waals surface area contributed by atoms with E-state index in [0.29, 0.717) is 17.1 Å². The average Bonchev–Trinajstić information content (AvgIpc) is 2.93. The molecule has 1 amide bonds. The Balaban J connectivity index is 1.73. The molecule has 0 unspecified atom stereocenters. The number of aromatic amines is 1. The number of fused-ring (bicyclic) bond motifs is 1. The normalized spacial score (nSPS) is 14.4. The minimum Gasteiger partial charge on any atom is -0.479 e. The van der Waals surface area contributed by atoms with E-state index in [1.807, 2.05) is 0 Å². The van der Waals surface area contributed by atoms with Crippen molar-refractivity contribution < 1.29 is 13.9 Å². The summed E-state index contributed by atoms with van der Waals surface area (Å²) in [6.45, 7) is 3.70. The molecule has 0 fully saturated rings. The third-order valence-corrected chi connectivity index (χ3v) is 4.06. The fraction of sp³-hybridized carbons (Fsp3) is 0.312. The number of nitrogens with one attached hydrogen (secondary N) is 1. The molecule has 0 saturated heterocycles. The molecule has 126 valence electrons. The van der Waals surface area contributed by atoms with Crippen molar-refractivity contribution in [1.29, 1.82) is 0 Å². The predicted molar refractivity (Wildman–Crippen MR) is 85.3 cm³/mol. The summed E-state index contributed by atoms with van der Waals surface area (Å²) in [5.74, 6) is -0.0506. The molecule has 0 saturated carbocycles. The van der Waals surface area contributed by atoms with Gasteiger partial charge >= 0.3 is 0 Å². The van der Waals surface area contributed by atoms with E-state index in [2.05, 4.69) is 9.97 Å². The topological polar surface area (TPSA) is 75.3 Å². The van der Waals surface area contributed by atoms with Gasteiger partial charge in [0, 0.05) is 0 Å². The molecule has 1 aliphatic heterocycles. The predicted octanol–water partition coefficient (Wildman–Crippen LogP) is 2.18. The van der Waals surface area contributed by atoms with E-state index in [0.717, 1.165) is 6.07 Å². The fourth-order valence-electron chi connectivity index (χ4n) is 2.61. The lowest BCUT2D eigenvalue weighted by Crippen LogP contribution is -2.37. The van der Waals surface area contributed by atoms with Crippen LogP contribution in [0.25, 0.3) is 0 Å². The summed E-state index contributed by atoms with van der Waals surface area (Å²) in [5, 5.41) is 0.0908. The second kappa shape index (κ2) is 6.24. The first-order valence-electron chi connectivity index (χ1n) is 7.34. The van der Waals surface area contributed by atoms with E-state index >= 15 is 0 Å². The van der Waals surface area contributed by atoms with Crippen molar-refractivity contribution in [3.8, 4) is 5.75 Å². The van der Waals surface area contributed by atoms with Crippen LogP contribution in [0.1, 0.15) is 24.0 Å². The molecule has 24 heavy (non-hydrogen) atoms. The van der Waals surface area contributed by atoms with Crippen LogP contribution in [0.3, 0.4) is 0 Å². The minimum atomic E-state index is -0.831. The Kier molecular flexibility index (Phi) is 4.28. The van der Waals surface area contributed by atoms with Crippen LogP contribution in [0.5, 0.6) is 5.75 Å². The number of ether oxygens (including phenoxy) is 1. The van der Waals surface area contributed by atoms with Crippen LogP contribution in [0, 0.1) is 12.7 Å². The molecule has 1 N–H and O–H groups in total. The maximum absolute atomic E-state index is 13.1. The maximum Gasteiger partial charge on any atom is 0.264 e. The van der Waals surface area contributed by atoms with Gasteiger partial charge < -0.3 is 14.6 Å². The SMILES string of the molecule is Cc1nc2c(c(=O)[nH]1)CN(C(=O)[C@H](C)Oc1ccc(F)cc1Cl)C2. The lowest BCUT2D eigenvalue weighted by Gasteiger charge is -2.21. The summed E-state index contributed by atoms with van der Waals surface area (Å²) in [4.78, 5) is 32.8. The van der Waals surface area contributed by atoms with Crippen LogP contribution >= 0.6 is 11.6 Å². The monoisotopic (exact) mass is 351 g/mol. The third kappa shape index (κ3) is 3.12. The highest BCUT2D eigenvalue weighted by Gasteiger charge is 2.31. The fourth-order valence-corrected chi connectivity index (χ4v) is 2.83. The molecule has 0 aliphatic carbocycles. The highest BCUT2D eigenvalue weighted by molar-refractivity contribution is 6.32. The van der Waals surface area contributed by atoms with E-state index in [1.165, 1.54) is 17.0 Å². The number of hydrogen-bond donors (Lipinski definition) is 1. The summed E-state index contributed by atoms with van der Waals surface area (Å²) < 4.78 is 18.6. The van der Waals surface area contributed by atoms with Gasteiger partial charge in [0.05, 0.1) is 29.4 Å². The van der Waals surface area contributed by atoms with Crippen molar-refractivity contribution in [2.45, 2.75) is 33.0 Å². The number of halogens is 2. The maximum atomic E-state index is 13.1. The van der Waals surface area contributed by atoms with Gasteiger partial charge in [-0.25, -0.2) is 9.37 Å². The largest absolute Gasteiger partial charge is 0.479 e. The molecule has 0 bridgehead atoms. The first kappa shape index (κ1) is 16.4. The Morgan fingerprint density at radius 2 is 2.21 bits per heavy atom. The molecule has 2 aromatic rings. The van der Waals surface area contributed by atoms with Crippen LogP contribution in [0.15, 0.2) is 23.0 Å². The van der Waals surface area contributed by atoms with Crippen LogP contribution in [0.4, 0.5) is 4.39 Å². The number of carbonyl (C=O) groups is 1. The van der Waals surface area contributed by atoms with E-state index < -0.39 is 11.9 Å². The number of carbonyl (C=O) groups excluding carboxylic acids is 1. The lowest BCUT2D eigenvalue weighted by molar-refractivity contribution is -0.138. The zero-order valence-electron chi connectivity index (χ0n) is 13.1. The number of benzene rings is 1. The molecule has 1 aromatic heterocycles.